The number of carbonyl (C=O) groups excluding carboxylic acids is 1. The number of esters is 1. The van der Waals surface area contributed by atoms with E-state index in [0.29, 0.717) is 36.9 Å². The van der Waals surface area contributed by atoms with E-state index in [2.05, 4.69) is 4.99 Å². The molecule has 0 amide bonds. The van der Waals surface area contributed by atoms with Crippen molar-refractivity contribution < 1.29 is 14.3 Å². The summed E-state index contributed by atoms with van der Waals surface area (Å²) >= 11 is 19.9. The van der Waals surface area contributed by atoms with Gasteiger partial charge in [-0.1, -0.05) is 64.3 Å². The summed E-state index contributed by atoms with van der Waals surface area (Å²) in [7, 11) is 0. The Kier molecular flexibility index (Phi) is 7.95. The first-order valence-corrected chi connectivity index (χ1v) is 13.2. The van der Waals surface area contributed by atoms with E-state index in [0.717, 1.165) is 0 Å². The number of allylic oxidation sites excluding steroid dienone is 1. The molecule has 1 aliphatic rings. The average molecular weight is 566 g/mol. The Bertz CT molecular complexity index is 1560. The highest BCUT2D eigenvalue weighted by atomic mass is 35.5. The van der Waals surface area contributed by atoms with Gasteiger partial charge in [0, 0.05) is 10.6 Å². The molecule has 0 bridgehead atoms. The van der Waals surface area contributed by atoms with E-state index in [4.69, 9.17) is 44.3 Å². The normalized spacial score (nSPS) is 15.7. The molecule has 0 fully saturated rings. The van der Waals surface area contributed by atoms with Crippen molar-refractivity contribution in [3.63, 3.8) is 0 Å². The average Bonchev–Trinajstić information content (AvgIpc) is 3.11. The van der Waals surface area contributed by atoms with Gasteiger partial charge < -0.3 is 9.47 Å². The van der Waals surface area contributed by atoms with Crippen molar-refractivity contribution >= 4 is 58.2 Å². The van der Waals surface area contributed by atoms with E-state index in [1.807, 2.05) is 38.1 Å². The Morgan fingerprint density at radius 2 is 1.94 bits per heavy atom. The number of hydrogen-bond acceptors (Lipinski definition) is 6. The van der Waals surface area contributed by atoms with Gasteiger partial charge in [-0.2, -0.15) is 0 Å². The highest BCUT2D eigenvalue weighted by Crippen LogP contribution is 2.36. The summed E-state index contributed by atoms with van der Waals surface area (Å²) in [6.07, 6.45) is 1.51. The highest BCUT2D eigenvalue weighted by molar-refractivity contribution is 7.07. The number of para-hydroxylation sites is 1. The third-order valence-corrected chi connectivity index (χ3v) is 7.42. The van der Waals surface area contributed by atoms with E-state index in [-0.39, 0.29) is 33.9 Å². The van der Waals surface area contributed by atoms with Gasteiger partial charge >= 0.3 is 5.97 Å². The first kappa shape index (κ1) is 26.5. The summed E-state index contributed by atoms with van der Waals surface area (Å²) in [6.45, 7) is 7.47. The van der Waals surface area contributed by atoms with Crippen molar-refractivity contribution in [2.24, 2.45) is 4.99 Å². The van der Waals surface area contributed by atoms with Crippen molar-refractivity contribution in [2.75, 3.05) is 6.61 Å². The molecule has 0 unspecified atom stereocenters. The van der Waals surface area contributed by atoms with Crippen molar-refractivity contribution in [3.8, 4) is 5.75 Å². The van der Waals surface area contributed by atoms with E-state index >= 15 is 0 Å². The molecule has 1 atom stereocenters. The fourth-order valence-electron chi connectivity index (χ4n) is 3.98. The van der Waals surface area contributed by atoms with E-state index in [9.17, 15) is 9.59 Å². The standard InChI is InChI=1S/C26H23Cl3N2O4S/c1-5-34-25(33)21-14(4)30-26-31(23(21)17-8-6-7-9-19(17)35-13(2)3)24(32)20(36-26)11-15-10-16(27)12-18(28)22(15)29/h6-13,23H,5H2,1-4H3/b20-11+/t23-/m0/s1. The highest BCUT2D eigenvalue weighted by Gasteiger charge is 2.35. The smallest absolute Gasteiger partial charge is 0.338 e. The van der Waals surface area contributed by atoms with Crippen LogP contribution in [-0.4, -0.2) is 23.2 Å². The Morgan fingerprint density at radius 3 is 2.64 bits per heavy atom. The number of benzene rings is 2. The van der Waals surface area contributed by atoms with Crippen LogP contribution in [0.25, 0.3) is 6.08 Å². The number of halogens is 3. The van der Waals surface area contributed by atoms with Crippen LogP contribution >= 0.6 is 46.1 Å². The minimum Gasteiger partial charge on any atom is -0.491 e. The molecule has 1 aliphatic heterocycles. The molecule has 0 saturated carbocycles. The summed E-state index contributed by atoms with van der Waals surface area (Å²) in [5, 5.41) is 0.949. The van der Waals surface area contributed by atoms with Crippen LogP contribution in [0, 0.1) is 0 Å². The molecule has 2 heterocycles. The van der Waals surface area contributed by atoms with Crippen LogP contribution in [0.1, 0.15) is 44.9 Å². The molecule has 0 N–H and O–H groups in total. The van der Waals surface area contributed by atoms with Crippen LogP contribution in [0.5, 0.6) is 5.75 Å². The first-order chi connectivity index (χ1) is 17.1. The zero-order chi connectivity index (χ0) is 26.1. The fourth-order valence-corrected chi connectivity index (χ4v) is 5.69. The molecular formula is C26H23Cl3N2O4S. The maximum absolute atomic E-state index is 13.8. The first-order valence-electron chi connectivity index (χ1n) is 11.2. The number of carbonyl (C=O) groups is 1. The van der Waals surface area contributed by atoms with Crippen molar-refractivity contribution in [2.45, 2.75) is 39.8 Å². The number of rotatable bonds is 6. The molecule has 0 radical (unpaired) electrons. The number of thiazole rings is 1. The third-order valence-electron chi connectivity index (χ3n) is 5.40. The zero-order valence-corrected chi connectivity index (χ0v) is 23.1. The summed E-state index contributed by atoms with van der Waals surface area (Å²) in [5.41, 5.74) is 1.55. The third kappa shape index (κ3) is 5.11. The number of aromatic nitrogens is 1. The molecule has 3 aromatic rings. The number of fused-ring (bicyclic) bond motifs is 1. The topological polar surface area (TPSA) is 69.9 Å². The predicted molar refractivity (Wildman–Crippen MR) is 144 cm³/mol. The zero-order valence-electron chi connectivity index (χ0n) is 20.0. The second-order valence-electron chi connectivity index (χ2n) is 8.30. The Balaban J connectivity index is 2.01. The molecule has 36 heavy (non-hydrogen) atoms. The van der Waals surface area contributed by atoms with Crippen molar-refractivity contribution in [1.29, 1.82) is 0 Å². The lowest BCUT2D eigenvalue weighted by molar-refractivity contribution is -0.139. The quantitative estimate of drug-likeness (QED) is 0.290. The van der Waals surface area contributed by atoms with E-state index in [1.165, 1.54) is 22.0 Å². The molecule has 1 aromatic heterocycles. The van der Waals surface area contributed by atoms with Crippen LogP contribution in [-0.2, 0) is 9.53 Å². The summed E-state index contributed by atoms with van der Waals surface area (Å²) in [4.78, 5) is 32.0. The summed E-state index contributed by atoms with van der Waals surface area (Å²) in [6, 6.07) is 9.70. The van der Waals surface area contributed by atoms with Gasteiger partial charge in [0.2, 0.25) is 0 Å². The maximum atomic E-state index is 13.8. The second kappa shape index (κ2) is 10.8. The van der Waals surface area contributed by atoms with Gasteiger partial charge in [-0.05, 0) is 57.5 Å². The molecule has 6 nitrogen and oxygen atoms in total. The molecule has 0 aliphatic carbocycles. The largest absolute Gasteiger partial charge is 0.491 e. The van der Waals surface area contributed by atoms with E-state index in [1.54, 1.807) is 26.0 Å². The van der Waals surface area contributed by atoms with Gasteiger partial charge in [-0.25, -0.2) is 9.79 Å². The van der Waals surface area contributed by atoms with Crippen LogP contribution in [0.4, 0.5) is 0 Å². The lowest BCUT2D eigenvalue weighted by atomic mass is 9.95. The van der Waals surface area contributed by atoms with Gasteiger partial charge in [0.15, 0.2) is 4.80 Å². The number of hydrogen-bond donors (Lipinski definition) is 0. The van der Waals surface area contributed by atoms with Gasteiger partial charge in [-0.3, -0.25) is 9.36 Å². The summed E-state index contributed by atoms with van der Waals surface area (Å²) in [5.74, 6) is 0.0234. The lowest BCUT2D eigenvalue weighted by Crippen LogP contribution is -2.40. The van der Waals surface area contributed by atoms with Gasteiger partial charge in [0.05, 0.1) is 38.6 Å². The number of nitrogens with zero attached hydrogens (tertiary/aromatic N) is 2. The van der Waals surface area contributed by atoms with Crippen LogP contribution < -0.4 is 19.6 Å². The molecule has 0 saturated heterocycles. The van der Waals surface area contributed by atoms with Gasteiger partial charge in [0.25, 0.3) is 5.56 Å². The lowest BCUT2D eigenvalue weighted by Gasteiger charge is -2.26. The predicted octanol–water partition coefficient (Wildman–Crippen LogP) is 5.55. The molecule has 188 valence electrons. The van der Waals surface area contributed by atoms with Crippen LogP contribution in [0.3, 0.4) is 0 Å². The van der Waals surface area contributed by atoms with Gasteiger partial charge in [0.1, 0.15) is 11.8 Å². The minimum absolute atomic E-state index is 0.118. The van der Waals surface area contributed by atoms with E-state index < -0.39 is 12.0 Å². The molecule has 4 rings (SSSR count). The Morgan fingerprint density at radius 1 is 1.22 bits per heavy atom. The monoisotopic (exact) mass is 564 g/mol. The maximum Gasteiger partial charge on any atom is 0.338 e. The van der Waals surface area contributed by atoms with Gasteiger partial charge in [-0.15, -0.1) is 0 Å². The molecule has 10 heteroatoms. The molecule has 0 spiro atoms. The van der Waals surface area contributed by atoms with Crippen molar-refractivity contribution in [3.05, 3.63) is 93.6 Å². The molecule has 2 aromatic carbocycles. The van der Waals surface area contributed by atoms with Crippen LogP contribution in [0.2, 0.25) is 15.1 Å². The fraction of sp³-hybridized carbons (Fsp3) is 0.269. The summed E-state index contributed by atoms with van der Waals surface area (Å²) < 4.78 is 13.3. The molecular weight excluding hydrogens is 543 g/mol. The Hall–Kier alpha value is -2.58. The second-order valence-corrected chi connectivity index (χ2v) is 10.5. The minimum atomic E-state index is -0.796. The van der Waals surface area contributed by atoms with Crippen molar-refractivity contribution in [1.82, 2.24) is 4.57 Å². The SMILES string of the molecule is CCOC(=O)C1=C(C)N=c2s/c(=C/c3cc(Cl)cc(Cl)c3Cl)c(=O)n2[C@H]1c1ccccc1OC(C)C. The number of ether oxygens (including phenoxy) is 2. The Labute approximate surface area is 227 Å². The van der Waals surface area contributed by atoms with Crippen LogP contribution in [0.15, 0.2) is 57.5 Å².